The zero-order valence-corrected chi connectivity index (χ0v) is 14.3. The van der Waals surface area contributed by atoms with Gasteiger partial charge < -0.3 is 14.6 Å². The molecule has 2 unspecified atom stereocenters. The van der Waals surface area contributed by atoms with Crippen molar-refractivity contribution in [1.82, 2.24) is 4.90 Å². The van der Waals surface area contributed by atoms with E-state index in [9.17, 15) is 4.79 Å². The molecule has 5 nitrogen and oxygen atoms in total. The van der Waals surface area contributed by atoms with Crippen molar-refractivity contribution in [2.45, 2.75) is 25.7 Å². The van der Waals surface area contributed by atoms with Crippen LogP contribution >= 0.6 is 0 Å². The maximum Gasteiger partial charge on any atom is 0.317 e. The number of benzene rings is 2. The predicted molar refractivity (Wildman–Crippen MR) is 94.6 cm³/mol. The predicted octanol–water partition coefficient (Wildman–Crippen LogP) is 3.11. The first-order valence-electron chi connectivity index (χ1n) is 8.47. The average Bonchev–Trinajstić information content (AvgIpc) is 2.63. The molecular weight excluding hydrogens is 318 g/mol. The lowest BCUT2D eigenvalue weighted by Gasteiger charge is -2.38. The molecule has 0 saturated carbocycles. The van der Waals surface area contributed by atoms with Gasteiger partial charge in [-0.2, -0.15) is 0 Å². The van der Waals surface area contributed by atoms with Crippen molar-refractivity contribution in [2.75, 3.05) is 19.7 Å². The van der Waals surface area contributed by atoms with Crippen LogP contribution < -0.4 is 4.74 Å². The Labute approximate surface area is 147 Å². The SMILES string of the molecule is CC1C(c2ccc(OCc3ccccc3)cc2)OCCN1CC(=O)O. The van der Waals surface area contributed by atoms with Gasteiger partial charge in [0.05, 0.1) is 19.3 Å². The molecule has 0 aromatic heterocycles. The van der Waals surface area contributed by atoms with E-state index in [-0.39, 0.29) is 18.7 Å². The first-order valence-corrected chi connectivity index (χ1v) is 8.47. The lowest BCUT2D eigenvalue weighted by Crippen LogP contribution is -2.47. The van der Waals surface area contributed by atoms with Crippen LogP contribution in [0.25, 0.3) is 0 Å². The summed E-state index contributed by atoms with van der Waals surface area (Å²) in [5.41, 5.74) is 2.16. The van der Waals surface area contributed by atoms with E-state index < -0.39 is 5.97 Å². The van der Waals surface area contributed by atoms with E-state index in [1.54, 1.807) is 0 Å². The fourth-order valence-corrected chi connectivity index (χ4v) is 3.10. The second kappa shape index (κ2) is 8.14. The van der Waals surface area contributed by atoms with Gasteiger partial charge in [-0.25, -0.2) is 0 Å². The van der Waals surface area contributed by atoms with Crippen molar-refractivity contribution in [3.63, 3.8) is 0 Å². The topological polar surface area (TPSA) is 59.0 Å². The fraction of sp³-hybridized carbons (Fsp3) is 0.350. The molecule has 132 valence electrons. The molecule has 2 aromatic carbocycles. The van der Waals surface area contributed by atoms with Crippen molar-refractivity contribution in [1.29, 1.82) is 0 Å². The van der Waals surface area contributed by atoms with E-state index in [0.717, 1.165) is 16.9 Å². The van der Waals surface area contributed by atoms with E-state index in [0.29, 0.717) is 19.8 Å². The second-order valence-corrected chi connectivity index (χ2v) is 6.24. The third-order valence-electron chi connectivity index (χ3n) is 4.49. The summed E-state index contributed by atoms with van der Waals surface area (Å²) in [4.78, 5) is 12.9. The third-order valence-corrected chi connectivity index (χ3v) is 4.49. The molecule has 3 rings (SSSR count). The summed E-state index contributed by atoms with van der Waals surface area (Å²) in [7, 11) is 0. The molecule has 1 heterocycles. The highest BCUT2D eigenvalue weighted by Crippen LogP contribution is 2.29. The molecule has 1 fully saturated rings. The Balaban J connectivity index is 1.62. The van der Waals surface area contributed by atoms with E-state index >= 15 is 0 Å². The van der Waals surface area contributed by atoms with Gasteiger partial charge in [-0.15, -0.1) is 0 Å². The third kappa shape index (κ3) is 4.59. The Hall–Kier alpha value is -2.37. The number of rotatable bonds is 6. The fourth-order valence-electron chi connectivity index (χ4n) is 3.10. The molecule has 25 heavy (non-hydrogen) atoms. The van der Waals surface area contributed by atoms with Crippen molar-refractivity contribution >= 4 is 5.97 Å². The molecule has 0 spiro atoms. The summed E-state index contributed by atoms with van der Waals surface area (Å²) < 4.78 is 11.7. The van der Waals surface area contributed by atoms with Crippen LogP contribution in [0.15, 0.2) is 54.6 Å². The van der Waals surface area contributed by atoms with Crippen LogP contribution in [0, 0.1) is 0 Å². The summed E-state index contributed by atoms with van der Waals surface area (Å²) in [5, 5.41) is 9.03. The summed E-state index contributed by atoms with van der Waals surface area (Å²) in [6.07, 6.45) is -0.128. The standard InChI is InChI=1S/C20H23NO4/c1-15-20(24-12-11-21(15)13-19(22)23)17-7-9-18(10-8-17)25-14-16-5-3-2-4-6-16/h2-10,15,20H,11-14H2,1H3,(H,22,23). The highest BCUT2D eigenvalue weighted by Gasteiger charge is 2.30. The molecule has 1 aliphatic heterocycles. The molecule has 0 radical (unpaired) electrons. The zero-order chi connectivity index (χ0) is 17.6. The Bertz CT molecular complexity index is 687. The Morgan fingerprint density at radius 2 is 1.92 bits per heavy atom. The maximum absolute atomic E-state index is 11.0. The number of aliphatic carboxylic acids is 1. The number of nitrogens with zero attached hydrogens (tertiary/aromatic N) is 1. The number of hydrogen-bond acceptors (Lipinski definition) is 4. The minimum Gasteiger partial charge on any atom is -0.489 e. The number of morpholine rings is 1. The second-order valence-electron chi connectivity index (χ2n) is 6.24. The molecule has 5 heteroatoms. The minimum atomic E-state index is -0.808. The van der Waals surface area contributed by atoms with Crippen LogP contribution in [0.2, 0.25) is 0 Å². The van der Waals surface area contributed by atoms with Gasteiger partial charge in [-0.1, -0.05) is 42.5 Å². The van der Waals surface area contributed by atoms with Gasteiger partial charge >= 0.3 is 5.97 Å². The summed E-state index contributed by atoms with van der Waals surface area (Å²) in [6.45, 7) is 3.76. The number of ether oxygens (including phenoxy) is 2. The molecule has 1 aliphatic rings. The van der Waals surface area contributed by atoms with Gasteiger partial charge in [0.25, 0.3) is 0 Å². The lowest BCUT2D eigenvalue weighted by molar-refractivity contribution is -0.142. The van der Waals surface area contributed by atoms with Crippen molar-refractivity contribution in [3.05, 3.63) is 65.7 Å². The minimum absolute atomic E-state index is 0.0148. The maximum atomic E-state index is 11.0. The van der Waals surface area contributed by atoms with Crippen LogP contribution in [0.1, 0.15) is 24.2 Å². The normalized spacial score (nSPS) is 21.0. The molecule has 0 amide bonds. The molecule has 2 aromatic rings. The first kappa shape index (κ1) is 17.5. The number of carbonyl (C=O) groups is 1. The average molecular weight is 341 g/mol. The Morgan fingerprint density at radius 1 is 1.20 bits per heavy atom. The molecule has 0 bridgehead atoms. The molecule has 0 aliphatic carbocycles. The van der Waals surface area contributed by atoms with Gasteiger partial charge in [0.1, 0.15) is 12.4 Å². The number of carboxylic acids is 1. The van der Waals surface area contributed by atoms with Crippen LogP contribution in [0.3, 0.4) is 0 Å². The van der Waals surface area contributed by atoms with Gasteiger partial charge in [0.15, 0.2) is 0 Å². The van der Waals surface area contributed by atoms with Crippen LogP contribution in [-0.2, 0) is 16.1 Å². The van der Waals surface area contributed by atoms with Gasteiger partial charge in [-0.3, -0.25) is 9.69 Å². The van der Waals surface area contributed by atoms with Crippen molar-refractivity contribution in [2.24, 2.45) is 0 Å². The zero-order valence-electron chi connectivity index (χ0n) is 14.3. The van der Waals surface area contributed by atoms with Crippen LogP contribution in [0.4, 0.5) is 0 Å². The number of carboxylic acid groups (broad SMARTS) is 1. The van der Waals surface area contributed by atoms with Gasteiger partial charge in [-0.05, 0) is 30.2 Å². The lowest BCUT2D eigenvalue weighted by atomic mass is 10.0. The summed E-state index contributed by atoms with van der Waals surface area (Å²) in [6, 6.07) is 17.9. The highest BCUT2D eigenvalue weighted by atomic mass is 16.5. The van der Waals surface area contributed by atoms with E-state index in [1.165, 1.54) is 0 Å². The van der Waals surface area contributed by atoms with Gasteiger partial charge in [0.2, 0.25) is 0 Å². The van der Waals surface area contributed by atoms with E-state index in [2.05, 4.69) is 0 Å². The molecular formula is C20H23NO4. The smallest absolute Gasteiger partial charge is 0.317 e. The first-order chi connectivity index (χ1) is 12.1. The van der Waals surface area contributed by atoms with Crippen LogP contribution in [0.5, 0.6) is 5.75 Å². The van der Waals surface area contributed by atoms with E-state index in [1.807, 2.05) is 66.4 Å². The number of hydrogen-bond donors (Lipinski definition) is 1. The van der Waals surface area contributed by atoms with E-state index in [4.69, 9.17) is 14.6 Å². The largest absolute Gasteiger partial charge is 0.489 e. The Morgan fingerprint density at radius 3 is 2.60 bits per heavy atom. The highest BCUT2D eigenvalue weighted by molar-refractivity contribution is 5.69. The summed E-state index contributed by atoms with van der Waals surface area (Å²) in [5.74, 6) is -0.00406. The molecule has 1 saturated heterocycles. The molecule has 1 N–H and O–H groups in total. The monoisotopic (exact) mass is 341 g/mol. The molecule has 2 atom stereocenters. The summed E-state index contributed by atoms with van der Waals surface area (Å²) >= 11 is 0. The van der Waals surface area contributed by atoms with Crippen molar-refractivity contribution < 1.29 is 19.4 Å². The Kier molecular flexibility index (Phi) is 5.68. The van der Waals surface area contributed by atoms with Gasteiger partial charge in [0, 0.05) is 12.6 Å². The quantitative estimate of drug-likeness (QED) is 0.875. The van der Waals surface area contributed by atoms with Crippen LogP contribution in [-0.4, -0.2) is 41.7 Å². The van der Waals surface area contributed by atoms with Crippen molar-refractivity contribution in [3.8, 4) is 5.75 Å².